The van der Waals surface area contributed by atoms with E-state index in [2.05, 4.69) is 4.98 Å². The van der Waals surface area contributed by atoms with Crippen molar-refractivity contribution in [3.8, 4) is 17.7 Å². The van der Waals surface area contributed by atoms with E-state index in [1.807, 2.05) is 0 Å². The summed E-state index contributed by atoms with van der Waals surface area (Å²) in [5.74, 6) is -1.37. The average Bonchev–Trinajstić information content (AvgIpc) is 2.60. The molecule has 9 heteroatoms. The Hall–Kier alpha value is -2.79. The third-order valence-electron chi connectivity index (χ3n) is 3.25. The topological polar surface area (TPSA) is 66.2 Å². The minimum Gasteiger partial charge on any atom is -0.437 e. The predicted molar refractivity (Wildman–Crippen MR) is 87.9 cm³/mol. The van der Waals surface area contributed by atoms with E-state index in [4.69, 9.17) is 21.6 Å². The first-order chi connectivity index (χ1) is 12.3. The summed E-state index contributed by atoms with van der Waals surface area (Å²) < 4.78 is 44.9. The lowest BCUT2D eigenvalue weighted by atomic mass is 10.1. The van der Waals surface area contributed by atoms with E-state index in [0.717, 1.165) is 6.07 Å². The van der Waals surface area contributed by atoms with Gasteiger partial charge in [-0.3, -0.25) is 4.79 Å². The Morgan fingerprint density at radius 2 is 2.12 bits per heavy atom. The fourth-order valence-corrected chi connectivity index (χ4v) is 2.35. The molecule has 0 bridgehead atoms. The van der Waals surface area contributed by atoms with Crippen LogP contribution in [0.25, 0.3) is 0 Å². The van der Waals surface area contributed by atoms with Crippen molar-refractivity contribution in [2.75, 3.05) is 6.54 Å². The van der Waals surface area contributed by atoms with Gasteiger partial charge in [-0.25, -0.2) is 9.88 Å². The van der Waals surface area contributed by atoms with Crippen molar-refractivity contribution in [3.63, 3.8) is 0 Å². The molecule has 0 fully saturated rings. The van der Waals surface area contributed by atoms with Crippen LogP contribution in [0.15, 0.2) is 36.5 Å². The van der Waals surface area contributed by atoms with Crippen LogP contribution in [0, 0.1) is 11.3 Å². The van der Waals surface area contributed by atoms with Gasteiger partial charge < -0.3 is 4.74 Å². The summed E-state index contributed by atoms with van der Waals surface area (Å²) in [5.41, 5.74) is -0.537. The van der Waals surface area contributed by atoms with E-state index in [-0.39, 0.29) is 33.5 Å². The number of halogens is 4. The van der Waals surface area contributed by atoms with E-state index in [0.29, 0.717) is 0 Å². The molecule has 0 unspecified atom stereocenters. The van der Waals surface area contributed by atoms with Crippen molar-refractivity contribution in [1.29, 1.82) is 5.26 Å². The zero-order valence-electron chi connectivity index (χ0n) is 13.5. The number of nitrogens with zero attached hydrogens (tertiary/aromatic N) is 3. The SMILES string of the molecule is CCCN(C(=O)c1cc(C#N)cc(Oc2ccccn2)c1Cl)C(F)(F)F. The van der Waals surface area contributed by atoms with E-state index >= 15 is 0 Å². The first kappa shape index (κ1) is 19.5. The van der Waals surface area contributed by atoms with Crippen LogP contribution in [0.3, 0.4) is 0 Å². The van der Waals surface area contributed by atoms with Crippen LogP contribution >= 0.6 is 11.6 Å². The predicted octanol–water partition coefficient (Wildman–Crippen LogP) is 4.77. The molecule has 0 aliphatic heterocycles. The molecule has 0 aliphatic carbocycles. The Kier molecular flexibility index (Phi) is 6.05. The summed E-state index contributed by atoms with van der Waals surface area (Å²) >= 11 is 6.10. The van der Waals surface area contributed by atoms with Gasteiger partial charge in [0, 0.05) is 24.9 Å². The molecule has 2 rings (SSSR count). The first-order valence-electron chi connectivity index (χ1n) is 7.49. The lowest BCUT2D eigenvalue weighted by molar-refractivity contribution is -0.224. The second kappa shape index (κ2) is 8.06. The van der Waals surface area contributed by atoms with Gasteiger partial charge >= 0.3 is 6.30 Å². The van der Waals surface area contributed by atoms with Gasteiger partial charge in [-0.1, -0.05) is 24.6 Å². The number of carbonyl (C=O) groups excluding carboxylic acids is 1. The number of aromatic nitrogens is 1. The Bertz CT molecular complexity index is 836. The largest absolute Gasteiger partial charge is 0.487 e. The smallest absolute Gasteiger partial charge is 0.437 e. The van der Waals surface area contributed by atoms with Crippen molar-refractivity contribution >= 4 is 17.5 Å². The molecule has 0 saturated heterocycles. The van der Waals surface area contributed by atoms with Gasteiger partial charge in [-0.05, 0) is 18.6 Å². The van der Waals surface area contributed by atoms with Gasteiger partial charge in [0.2, 0.25) is 5.88 Å². The summed E-state index contributed by atoms with van der Waals surface area (Å²) in [6.07, 6.45) is -3.34. The van der Waals surface area contributed by atoms with Crippen LogP contribution in [0.4, 0.5) is 13.2 Å². The molecule has 136 valence electrons. The van der Waals surface area contributed by atoms with Gasteiger partial charge in [0.1, 0.15) is 5.75 Å². The minimum atomic E-state index is -4.87. The average molecular weight is 384 g/mol. The molecular weight excluding hydrogens is 371 g/mol. The highest BCUT2D eigenvalue weighted by Gasteiger charge is 2.41. The van der Waals surface area contributed by atoms with Crippen LogP contribution in [0.5, 0.6) is 11.6 Å². The van der Waals surface area contributed by atoms with Crippen molar-refractivity contribution in [1.82, 2.24) is 9.88 Å². The molecule has 1 aromatic heterocycles. The van der Waals surface area contributed by atoms with E-state index in [1.165, 1.54) is 25.3 Å². The Morgan fingerprint density at radius 1 is 1.38 bits per heavy atom. The molecule has 0 atom stereocenters. The highest BCUT2D eigenvalue weighted by atomic mass is 35.5. The zero-order chi connectivity index (χ0) is 19.3. The van der Waals surface area contributed by atoms with Crippen LogP contribution in [0.2, 0.25) is 5.02 Å². The molecule has 1 heterocycles. The number of hydrogen-bond donors (Lipinski definition) is 0. The Morgan fingerprint density at radius 3 is 2.65 bits per heavy atom. The highest BCUT2D eigenvalue weighted by Crippen LogP contribution is 2.35. The standard InChI is InChI=1S/C17H13ClF3N3O2/c1-2-7-24(17(19,20)21)16(25)12-8-11(10-22)9-13(15(12)18)26-14-5-3-4-6-23-14/h3-6,8-9H,2,7H2,1H3. The van der Waals surface area contributed by atoms with Gasteiger partial charge in [0.15, 0.2) is 0 Å². The number of hydrogen-bond acceptors (Lipinski definition) is 4. The number of alkyl halides is 3. The maximum atomic E-state index is 13.2. The molecule has 5 nitrogen and oxygen atoms in total. The number of rotatable bonds is 5. The minimum absolute atomic E-state index is 0.0673. The molecule has 2 aromatic rings. The summed E-state index contributed by atoms with van der Waals surface area (Å²) in [6, 6.07) is 8.77. The lowest BCUT2D eigenvalue weighted by Gasteiger charge is -2.25. The third kappa shape index (κ3) is 4.43. The fraction of sp³-hybridized carbons (Fsp3) is 0.235. The Balaban J connectivity index is 2.50. The first-order valence-corrected chi connectivity index (χ1v) is 7.87. The van der Waals surface area contributed by atoms with Crippen LogP contribution in [-0.4, -0.2) is 28.6 Å². The highest BCUT2D eigenvalue weighted by molar-refractivity contribution is 6.35. The van der Waals surface area contributed by atoms with Crippen LogP contribution in [-0.2, 0) is 0 Å². The van der Waals surface area contributed by atoms with Crippen molar-refractivity contribution in [2.45, 2.75) is 19.6 Å². The third-order valence-corrected chi connectivity index (χ3v) is 3.64. The van der Waals surface area contributed by atoms with E-state index < -0.39 is 24.3 Å². The molecule has 1 aromatic carbocycles. The molecule has 0 radical (unpaired) electrons. The van der Waals surface area contributed by atoms with Crippen molar-refractivity contribution in [2.24, 2.45) is 0 Å². The van der Waals surface area contributed by atoms with Gasteiger partial charge in [-0.2, -0.15) is 5.26 Å². The second-order valence-corrected chi connectivity index (χ2v) is 5.52. The number of amides is 1. The summed E-state index contributed by atoms with van der Waals surface area (Å²) in [5, 5.41) is 8.79. The molecule has 0 saturated carbocycles. The van der Waals surface area contributed by atoms with E-state index in [1.54, 1.807) is 18.2 Å². The summed E-state index contributed by atoms with van der Waals surface area (Å²) in [6.45, 7) is 0.973. The maximum Gasteiger partial charge on any atom is 0.487 e. The normalized spacial score (nSPS) is 10.9. The number of carbonyl (C=O) groups is 1. The molecular formula is C17H13ClF3N3O2. The van der Waals surface area contributed by atoms with Gasteiger partial charge in [-0.15, -0.1) is 13.2 Å². The summed E-state index contributed by atoms with van der Waals surface area (Å²) in [7, 11) is 0. The number of nitriles is 1. The number of benzene rings is 1. The quantitative estimate of drug-likeness (QED) is 0.697. The molecule has 0 aliphatic rings. The number of pyridine rings is 1. The van der Waals surface area contributed by atoms with Crippen molar-refractivity contribution in [3.05, 3.63) is 52.7 Å². The molecule has 0 spiro atoms. The van der Waals surface area contributed by atoms with Gasteiger partial charge in [0.25, 0.3) is 5.91 Å². The van der Waals surface area contributed by atoms with Gasteiger partial charge in [0.05, 0.1) is 22.2 Å². The fourth-order valence-electron chi connectivity index (χ4n) is 2.12. The Labute approximate surface area is 152 Å². The van der Waals surface area contributed by atoms with Crippen LogP contribution < -0.4 is 4.74 Å². The van der Waals surface area contributed by atoms with Crippen molar-refractivity contribution < 1.29 is 22.7 Å². The number of ether oxygens (including phenoxy) is 1. The monoisotopic (exact) mass is 383 g/mol. The molecule has 0 N–H and O–H groups in total. The summed E-state index contributed by atoms with van der Waals surface area (Å²) in [4.78, 5) is 16.1. The zero-order valence-corrected chi connectivity index (χ0v) is 14.3. The lowest BCUT2D eigenvalue weighted by Crippen LogP contribution is -2.43. The van der Waals surface area contributed by atoms with Crippen LogP contribution in [0.1, 0.15) is 29.3 Å². The van der Waals surface area contributed by atoms with E-state index in [9.17, 15) is 18.0 Å². The second-order valence-electron chi connectivity index (χ2n) is 5.14. The molecule has 1 amide bonds. The maximum absolute atomic E-state index is 13.2. The molecule has 26 heavy (non-hydrogen) atoms.